The average Bonchev–Trinajstić information content (AvgIpc) is 2.91. The Labute approximate surface area is 102 Å². The first-order chi connectivity index (χ1) is 7.80. The monoisotopic (exact) mass is 235 g/mol. The summed E-state index contributed by atoms with van der Waals surface area (Å²) in [7, 11) is 0. The maximum atomic E-state index is 5.95. The molecular weight excluding hydrogens is 218 g/mol. The van der Waals surface area contributed by atoms with Gasteiger partial charge in [-0.05, 0) is 36.0 Å². The van der Waals surface area contributed by atoms with Crippen LogP contribution >= 0.6 is 11.6 Å². The van der Waals surface area contributed by atoms with E-state index in [2.05, 4.69) is 17.4 Å². The van der Waals surface area contributed by atoms with Crippen molar-refractivity contribution in [3.05, 3.63) is 34.9 Å². The first-order valence-corrected chi connectivity index (χ1v) is 6.64. The lowest BCUT2D eigenvalue weighted by Crippen LogP contribution is -2.25. The van der Waals surface area contributed by atoms with Crippen LogP contribution in [0.1, 0.15) is 37.2 Å². The summed E-state index contributed by atoms with van der Waals surface area (Å²) in [6, 6.07) is 8.47. The molecule has 2 aliphatic rings. The van der Waals surface area contributed by atoms with Crippen LogP contribution in [0.4, 0.5) is 0 Å². The Kier molecular flexibility index (Phi) is 2.68. The van der Waals surface area contributed by atoms with Gasteiger partial charge < -0.3 is 5.32 Å². The molecule has 1 aliphatic heterocycles. The fraction of sp³-hybridized carbons (Fsp3) is 0.571. The molecule has 1 saturated heterocycles. The lowest BCUT2D eigenvalue weighted by atomic mass is 9.73. The molecule has 0 aromatic heterocycles. The lowest BCUT2D eigenvalue weighted by molar-refractivity contribution is 0.295. The number of halogens is 1. The Balaban J connectivity index is 1.91. The minimum Gasteiger partial charge on any atom is -0.316 e. The van der Waals surface area contributed by atoms with Crippen molar-refractivity contribution >= 4 is 11.6 Å². The van der Waals surface area contributed by atoms with Crippen LogP contribution in [0.5, 0.6) is 0 Å². The van der Waals surface area contributed by atoms with Gasteiger partial charge in [0.2, 0.25) is 0 Å². The first kappa shape index (κ1) is 10.6. The summed E-state index contributed by atoms with van der Waals surface area (Å²) in [5.41, 5.74) is 2.02. The highest BCUT2D eigenvalue weighted by atomic mass is 35.5. The second kappa shape index (κ2) is 4.05. The van der Waals surface area contributed by atoms with Crippen molar-refractivity contribution in [2.45, 2.75) is 31.6 Å². The molecule has 16 heavy (non-hydrogen) atoms. The fourth-order valence-electron chi connectivity index (χ4n) is 3.58. The van der Waals surface area contributed by atoms with Crippen LogP contribution in [0, 0.1) is 5.41 Å². The van der Waals surface area contributed by atoms with Gasteiger partial charge in [-0.15, -0.1) is 0 Å². The summed E-state index contributed by atoms with van der Waals surface area (Å²) < 4.78 is 0. The molecule has 3 rings (SSSR count). The smallest absolute Gasteiger partial charge is 0.0406 e. The largest absolute Gasteiger partial charge is 0.316 e. The second-order valence-electron chi connectivity index (χ2n) is 5.30. The number of hydrogen-bond acceptors (Lipinski definition) is 1. The van der Waals surface area contributed by atoms with Gasteiger partial charge in [0.25, 0.3) is 0 Å². The molecule has 1 aliphatic carbocycles. The molecule has 86 valence electrons. The summed E-state index contributed by atoms with van der Waals surface area (Å²) in [6.07, 6.45) is 5.61. The molecule has 2 fully saturated rings. The number of nitrogens with one attached hydrogen (secondary N) is 1. The van der Waals surface area contributed by atoms with E-state index in [-0.39, 0.29) is 0 Å². The molecular formula is C14H18ClN. The van der Waals surface area contributed by atoms with Crippen molar-refractivity contribution in [3.63, 3.8) is 0 Å². The number of hydrogen-bond donors (Lipinski definition) is 1. The highest BCUT2D eigenvalue weighted by Crippen LogP contribution is 2.50. The van der Waals surface area contributed by atoms with Gasteiger partial charge in [-0.3, -0.25) is 0 Å². The Morgan fingerprint density at radius 2 is 1.81 bits per heavy atom. The van der Waals surface area contributed by atoms with E-state index < -0.39 is 0 Å². The Morgan fingerprint density at radius 3 is 2.50 bits per heavy atom. The van der Waals surface area contributed by atoms with Crippen molar-refractivity contribution in [1.82, 2.24) is 5.32 Å². The number of benzene rings is 1. The van der Waals surface area contributed by atoms with Crippen LogP contribution in [0.3, 0.4) is 0 Å². The van der Waals surface area contributed by atoms with E-state index in [1.807, 2.05) is 12.1 Å². The van der Waals surface area contributed by atoms with Crippen molar-refractivity contribution < 1.29 is 0 Å². The van der Waals surface area contributed by atoms with Gasteiger partial charge in [0, 0.05) is 24.0 Å². The third-order valence-electron chi connectivity index (χ3n) is 4.44. The molecule has 1 N–H and O–H groups in total. The van der Waals surface area contributed by atoms with Crippen molar-refractivity contribution in [3.8, 4) is 0 Å². The van der Waals surface area contributed by atoms with E-state index in [4.69, 9.17) is 11.6 Å². The highest BCUT2D eigenvalue weighted by Gasteiger charge is 2.44. The predicted octanol–water partition coefficient (Wildman–Crippen LogP) is 3.59. The van der Waals surface area contributed by atoms with Crippen LogP contribution in [-0.2, 0) is 0 Å². The van der Waals surface area contributed by atoms with Crippen molar-refractivity contribution in [2.75, 3.05) is 13.1 Å². The Bertz CT molecular complexity index is 359. The number of rotatable bonds is 1. The Morgan fingerprint density at radius 1 is 1.12 bits per heavy atom. The summed E-state index contributed by atoms with van der Waals surface area (Å²) in [4.78, 5) is 0. The molecule has 0 amide bonds. The lowest BCUT2D eigenvalue weighted by Gasteiger charge is -2.30. The van der Waals surface area contributed by atoms with Crippen LogP contribution < -0.4 is 5.32 Å². The first-order valence-electron chi connectivity index (χ1n) is 6.26. The molecule has 1 saturated carbocycles. The van der Waals surface area contributed by atoms with Crippen LogP contribution in [0.2, 0.25) is 5.02 Å². The minimum absolute atomic E-state index is 0.549. The van der Waals surface area contributed by atoms with E-state index in [0.717, 1.165) is 11.6 Å². The van der Waals surface area contributed by atoms with E-state index in [9.17, 15) is 0 Å². The summed E-state index contributed by atoms with van der Waals surface area (Å²) >= 11 is 5.95. The third-order valence-corrected chi connectivity index (χ3v) is 4.69. The van der Waals surface area contributed by atoms with Crippen LogP contribution in [0.25, 0.3) is 0 Å². The zero-order chi connectivity index (χ0) is 11.0. The van der Waals surface area contributed by atoms with Gasteiger partial charge in [0.05, 0.1) is 0 Å². The third kappa shape index (κ3) is 1.66. The van der Waals surface area contributed by atoms with E-state index in [1.165, 1.54) is 37.8 Å². The van der Waals surface area contributed by atoms with Gasteiger partial charge in [-0.2, -0.15) is 0 Å². The molecule has 1 atom stereocenters. The molecule has 1 aromatic rings. The molecule has 2 heteroatoms. The van der Waals surface area contributed by atoms with E-state index in [1.54, 1.807) is 0 Å². The molecule has 0 radical (unpaired) electrons. The van der Waals surface area contributed by atoms with Gasteiger partial charge >= 0.3 is 0 Å². The average molecular weight is 236 g/mol. The summed E-state index contributed by atoms with van der Waals surface area (Å²) in [5.74, 6) is 0.701. The summed E-state index contributed by atoms with van der Waals surface area (Å²) in [5, 5.41) is 4.43. The summed E-state index contributed by atoms with van der Waals surface area (Å²) in [6.45, 7) is 2.35. The molecule has 1 aromatic carbocycles. The second-order valence-corrected chi connectivity index (χ2v) is 5.74. The molecule has 1 nitrogen and oxygen atoms in total. The molecule has 1 heterocycles. The molecule has 0 bridgehead atoms. The topological polar surface area (TPSA) is 12.0 Å². The van der Waals surface area contributed by atoms with Gasteiger partial charge in [-0.25, -0.2) is 0 Å². The predicted molar refractivity (Wildman–Crippen MR) is 68.0 cm³/mol. The van der Waals surface area contributed by atoms with Crippen LogP contribution in [0.15, 0.2) is 24.3 Å². The minimum atomic E-state index is 0.549. The maximum absolute atomic E-state index is 5.95. The zero-order valence-corrected chi connectivity index (χ0v) is 10.3. The van der Waals surface area contributed by atoms with Crippen molar-refractivity contribution in [1.29, 1.82) is 0 Å². The van der Waals surface area contributed by atoms with E-state index in [0.29, 0.717) is 11.3 Å². The van der Waals surface area contributed by atoms with Gasteiger partial charge in [-0.1, -0.05) is 36.6 Å². The van der Waals surface area contributed by atoms with E-state index >= 15 is 0 Å². The molecule has 1 spiro atoms. The van der Waals surface area contributed by atoms with Crippen molar-refractivity contribution in [2.24, 2.45) is 5.41 Å². The fourth-order valence-corrected chi connectivity index (χ4v) is 3.70. The SMILES string of the molecule is Clc1ccc([C@H]2CNCC23CCCC3)cc1. The van der Waals surface area contributed by atoms with Gasteiger partial charge in [0.15, 0.2) is 0 Å². The molecule has 0 unspecified atom stereocenters. The van der Waals surface area contributed by atoms with Gasteiger partial charge in [0.1, 0.15) is 0 Å². The quantitative estimate of drug-likeness (QED) is 0.785. The highest BCUT2D eigenvalue weighted by molar-refractivity contribution is 6.30. The Hall–Kier alpha value is -0.530. The maximum Gasteiger partial charge on any atom is 0.0406 e. The zero-order valence-electron chi connectivity index (χ0n) is 9.51. The normalized spacial score (nSPS) is 27.7. The van der Waals surface area contributed by atoms with Crippen LogP contribution in [-0.4, -0.2) is 13.1 Å². The standard InChI is InChI=1S/C14H18ClN/c15-12-5-3-11(4-6-12)13-9-16-10-14(13)7-1-2-8-14/h3-6,13,16H,1-2,7-10H2/t13-/m1/s1.